The molecule has 0 bridgehead atoms. The molecule has 0 fully saturated rings. The van der Waals surface area contributed by atoms with Crippen molar-refractivity contribution in [2.75, 3.05) is 11.9 Å². The smallest absolute Gasteiger partial charge is 0.339 e. The predicted molar refractivity (Wildman–Crippen MR) is 123 cm³/mol. The second-order valence-electron chi connectivity index (χ2n) is 7.08. The maximum Gasteiger partial charge on any atom is 0.339 e. The Balaban J connectivity index is 1.83. The van der Waals surface area contributed by atoms with Crippen molar-refractivity contribution in [2.24, 2.45) is 0 Å². The molecule has 9 heteroatoms. The Labute approximate surface area is 194 Å². The van der Waals surface area contributed by atoms with Gasteiger partial charge in [-0.05, 0) is 37.3 Å². The third-order valence-corrected chi connectivity index (χ3v) is 5.22. The molecule has 1 atom stereocenters. The van der Waals surface area contributed by atoms with Gasteiger partial charge in [-0.15, -0.1) is 0 Å². The number of carbonyl (C=O) groups excluding carboxylic acids is 3. The Morgan fingerprint density at radius 1 is 0.970 bits per heavy atom. The number of amides is 1. The minimum Gasteiger partial charge on any atom is -0.449 e. The molecule has 3 aromatic carbocycles. The van der Waals surface area contributed by atoms with Gasteiger partial charge in [0.25, 0.3) is 11.6 Å². The standard InChI is InChI=1S/C24H19ClN2O6/c1-15(23(29)26(2)17-8-4-3-5-9-17)33-24(30)19-11-7-6-10-18(19)22(28)16-12-13-20(25)21(14-16)27(31)32/h3-15H,1-2H3/t15-/m0/s1. The molecule has 0 aliphatic rings. The minimum absolute atomic E-state index is 0.0146. The second kappa shape index (κ2) is 10.1. The zero-order chi connectivity index (χ0) is 24.1. The van der Waals surface area contributed by atoms with E-state index in [4.69, 9.17) is 16.3 Å². The van der Waals surface area contributed by atoms with E-state index in [0.29, 0.717) is 5.69 Å². The van der Waals surface area contributed by atoms with E-state index >= 15 is 0 Å². The summed E-state index contributed by atoms with van der Waals surface area (Å²) in [5.41, 5.74) is 0.104. The Morgan fingerprint density at radius 3 is 2.21 bits per heavy atom. The average Bonchev–Trinajstić information content (AvgIpc) is 2.83. The van der Waals surface area contributed by atoms with Crippen LogP contribution in [0.15, 0.2) is 72.8 Å². The monoisotopic (exact) mass is 466 g/mol. The van der Waals surface area contributed by atoms with Crippen molar-refractivity contribution >= 4 is 40.6 Å². The first kappa shape index (κ1) is 23.6. The number of hydrogen-bond donors (Lipinski definition) is 0. The SMILES string of the molecule is C[C@H](OC(=O)c1ccccc1C(=O)c1ccc(Cl)c([N+](=O)[O-])c1)C(=O)N(C)c1ccccc1. The van der Waals surface area contributed by atoms with Gasteiger partial charge >= 0.3 is 5.97 Å². The van der Waals surface area contributed by atoms with E-state index in [1.807, 2.05) is 6.07 Å². The number of carbonyl (C=O) groups is 3. The van der Waals surface area contributed by atoms with Gasteiger partial charge in [-0.25, -0.2) is 4.79 Å². The van der Waals surface area contributed by atoms with Gasteiger partial charge in [0.1, 0.15) is 5.02 Å². The van der Waals surface area contributed by atoms with E-state index in [1.54, 1.807) is 43.4 Å². The largest absolute Gasteiger partial charge is 0.449 e. The summed E-state index contributed by atoms with van der Waals surface area (Å²) in [6.07, 6.45) is -1.12. The first-order chi connectivity index (χ1) is 15.7. The molecule has 0 saturated carbocycles. The molecule has 0 aromatic heterocycles. The molecule has 0 aliphatic carbocycles. The van der Waals surface area contributed by atoms with Gasteiger partial charge in [0, 0.05) is 29.9 Å². The van der Waals surface area contributed by atoms with E-state index < -0.39 is 34.4 Å². The normalized spacial score (nSPS) is 11.4. The number of likely N-dealkylation sites (N-methyl/N-ethyl adjacent to an activating group) is 1. The molecule has 0 unspecified atom stereocenters. The van der Waals surface area contributed by atoms with Crippen molar-refractivity contribution in [3.63, 3.8) is 0 Å². The topological polar surface area (TPSA) is 107 Å². The van der Waals surface area contributed by atoms with Crippen LogP contribution in [0.3, 0.4) is 0 Å². The average molecular weight is 467 g/mol. The number of ether oxygens (including phenoxy) is 1. The molecular formula is C24H19ClN2O6. The molecule has 0 heterocycles. The Bertz CT molecular complexity index is 1230. The van der Waals surface area contributed by atoms with Crippen LogP contribution in [0, 0.1) is 10.1 Å². The van der Waals surface area contributed by atoms with Crippen LogP contribution in [0.25, 0.3) is 0 Å². The van der Waals surface area contributed by atoms with Crippen LogP contribution in [-0.4, -0.2) is 35.7 Å². The summed E-state index contributed by atoms with van der Waals surface area (Å²) in [6.45, 7) is 1.44. The molecule has 0 saturated heterocycles. The third kappa shape index (κ3) is 5.24. The molecule has 1 amide bonds. The first-order valence-corrected chi connectivity index (χ1v) is 10.2. The number of nitrogens with zero attached hydrogens (tertiary/aromatic N) is 2. The zero-order valence-electron chi connectivity index (χ0n) is 17.7. The molecular weight excluding hydrogens is 448 g/mol. The second-order valence-corrected chi connectivity index (χ2v) is 7.49. The number of anilines is 1. The summed E-state index contributed by atoms with van der Waals surface area (Å²) < 4.78 is 5.34. The van der Waals surface area contributed by atoms with Crippen LogP contribution in [0.4, 0.5) is 11.4 Å². The number of hydrogen-bond acceptors (Lipinski definition) is 6. The predicted octanol–water partition coefficient (Wildman–Crippen LogP) is 4.69. The van der Waals surface area contributed by atoms with Crippen molar-refractivity contribution in [3.8, 4) is 0 Å². The van der Waals surface area contributed by atoms with Crippen LogP contribution in [0.5, 0.6) is 0 Å². The molecule has 168 valence electrons. The highest BCUT2D eigenvalue weighted by molar-refractivity contribution is 6.33. The minimum atomic E-state index is -1.12. The molecule has 0 spiro atoms. The fourth-order valence-corrected chi connectivity index (χ4v) is 3.32. The maximum atomic E-state index is 13.0. The van der Waals surface area contributed by atoms with E-state index in [1.165, 1.54) is 36.1 Å². The number of esters is 1. The number of nitro groups is 1. The van der Waals surface area contributed by atoms with Crippen LogP contribution >= 0.6 is 11.6 Å². The molecule has 3 rings (SSSR count). The van der Waals surface area contributed by atoms with Gasteiger partial charge in [-0.1, -0.05) is 48.0 Å². The molecule has 3 aromatic rings. The van der Waals surface area contributed by atoms with Crippen LogP contribution in [-0.2, 0) is 9.53 Å². The van der Waals surface area contributed by atoms with Crippen molar-refractivity contribution in [3.05, 3.63) is 105 Å². The number of halogens is 1. The summed E-state index contributed by atoms with van der Waals surface area (Å²) in [6, 6.07) is 18.4. The third-order valence-electron chi connectivity index (χ3n) is 4.90. The van der Waals surface area contributed by atoms with Crippen molar-refractivity contribution in [1.29, 1.82) is 0 Å². The quantitative estimate of drug-likeness (QED) is 0.216. The van der Waals surface area contributed by atoms with Crippen molar-refractivity contribution in [1.82, 2.24) is 0 Å². The summed E-state index contributed by atoms with van der Waals surface area (Å²) >= 11 is 5.82. The number of nitro benzene ring substituents is 1. The fraction of sp³-hybridized carbons (Fsp3) is 0.125. The van der Waals surface area contributed by atoms with E-state index in [2.05, 4.69) is 0 Å². The van der Waals surface area contributed by atoms with Crippen LogP contribution in [0.2, 0.25) is 5.02 Å². The van der Waals surface area contributed by atoms with Gasteiger partial charge in [-0.2, -0.15) is 0 Å². The highest BCUT2D eigenvalue weighted by Gasteiger charge is 2.26. The summed E-state index contributed by atoms with van der Waals surface area (Å²) in [7, 11) is 1.56. The van der Waals surface area contributed by atoms with Gasteiger partial charge in [0.15, 0.2) is 11.9 Å². The first-order valence-electron chi connectivity index (χ1n) is 9.82. The lowest BCUT2D eigenvalue weighted by atomic mass is 9.98. The Kier molecular flexibility index (Phi) is 7.20. The lowest BCUT2D eigenvalue weighted by molar-refractivity contribution is -0.384. The lowest BCUT2D eigenvalue weighted by Gasteiger charge is -2.21. The number of para-hydroxylation sites is 1. The molecule has 0 N–H and O–H groups in total. The van der Waals surface area contributed by atoms with Gasteiger partial charge < -0.3 is 9.64 Å². The molecule has 8 nitrogen and oxygen atoms in total. The van der Waals surface area contributed by atoms with Crippen LogP contribution in [0.1, 0.15) is 33.2 Å². The van der Waals surface area contributed by atoms with Gasteiger partial charge in [0.05, 0.1) is 10.5 Å². The molecule has 0 radical (unpaired) electrons. The highest BCUT2D eigenvalue weighted by atomic mass is 35.5. The Morgan fingerprint density at radius 2 is 1.58 bits per heavy atom. The van der Waals surface area contributed by atoms with Gasteiger partial charge in [0.2, 0.25) is 0 Å². The lowest BCUT2D eigenvalue weighted by Crippen LogP contribution is -2.37. The van der Waals surface area contributed by atoms with Crippen molar-refractivity contribution in [2.45, 2.75) is 13.0 Å². The summed E-state index contributed by atoms with van der Waals surface area (Å²) in [5.74, 6) is -1.95. The molecule has 33 heavy (non-hydrogen) atoms. The maximum absolute atomic E-state index is 13.0. The number of benzene rings is 3. The van der Waals surface area contributed by atoms with E-state index in [0.717, 1.165) is 6.07 Å². The number of ketones is 1. The van der Waals surface area contributed by atoms with Gasteiger partial charge in [-0.3, -0.25) is 19.7 Å². The fourth-order valence-electron chi connectivity index (χ4n) is 3.13. The summed E-state index contributed by atoms with van der Waals surface area (Å²) in [4.78, 5) is 50.4. The highest BCUT2D eigenvalue weighted by Crippen LogP contribution is 2.27. The molecule has 0 aliphatic heterocycles. The zero-order valence-corrected chi connectivity index (χ0v) is 18.5. The van der Waals surface area contributed by atoms with Crippen LogP contribution < -0.4 is 4.90 Å². The Hall–Kier alpha value is -4.04. The van der Waals surface area contributed by atoms with E-state index in [9.17, 15) is 24.5 Å². The van der Waals surface area contributed by atoms with E-state index in [-0.39, 0.29) is 21.7 Å². The summed E-state index contributed by atoms with van der Waals surface area (Å²) in [5, 5.41) is 11.0. The van der Waals surface area contributed by atoms with Crippen molar-refractivity contribution < 1.29 is 24.0 Å². The number of rotatable bonds is 7.